The van der Waals surface area contributed by atoms with E-state index in [9.17, 15) is 4.21 Å². The van der Waals surface area contributed by atoms with Gasteiger partial charge in [-0.05, 0) is 56.3 Å². The van der Waals surface area contributed by atoms with E-state index in [1.165, 1.54) is 16.7 Å². The van der Waals surface area contributed by atoms with E-state index in [1.54, 1.807) is 7.11 Å². The van der Waals surface area contributed by atoms with Crippen molar-refractivity contribution in [3.63, 3.8) is 0 Å². The highest BCUT2D eigenvalue weighted by molar-refractivity contribution is 7.85. The lowest BCUT2D eigenvalue weighted by atomic mass is 10.1. The van der Waals surface area contributed by atoms with Crippen LogP contribution in [0.1, 0.15) is 16.7 Å². The molecule has 1 atom stereocenters. The number of rotatable bonds is 6. The Balaban J connectivity index is 1.62. The Hall–Kier alpha value is -2.63. The van der Waals surface area contributed by atoms with Gasteiger partial charge in [-0.2, -0.15) is 0 Å². The van der Waals surface area contributed by atoms with Gasteiger partial charge in [-0.3, -0.25) is 0 Å². The third-order valence-corrected chi connectivity index (χ3v) is 7.30. The molecule has 3 aromatic carbocycles. The first kappa shape index (κ1) is 20.6. The van der Waals surface area contributed by atoms with Crippen molar-refractivity contribution >= 4 is 22.2 Å². The zero-order valence-electron chi connectivity index (χ0n) is 18.0. The molecule has 156 valence electrons. The van der Waals surface area contributed by atoms with Gasteiger partial charge in [0.25, 0.3) is 0 Å². The summed E-state index contributed by atoms with van der Waals surface area (Å²) in [6, 6.07) is 20.3. The molecule has 0 bridgehead atoms. The number of nitrogens with zero attached hydrogens (tertiary/aromatic N) is 2. The minimum atomic E-state index is -1.15. The maximum absolute atomic E-state index is 13.2. The molecule has 4 nitrogen and oxygen atoms in total. The molecular weight excluding hydrogens is 392 g/mol. The van der Waals surface area contributed by atoms with Gasteiger partial charge in [0.05, 0.1) is 39.1 Å². The first-order valence-electron chi connectivity index (χ1n) is 10.2. The van der Waals surface area contributed by atoms with Gasteiger partial charge in [0.1, 0.15) is 5.75 Å². The number of benzene rings is 3. The molecular formula is C25H28N2O2S. The zero-order chi connectivity index (χ0) is 21.3. The number of methoxy groups -OCH3 is 1. The maximum atomic E-state index is 13.2. The van der Waals surface area contributed by atoms with Gasteiger partial charge in [0.15, 0.2) is 0 Å². The largest absolute Gasteiger partial charge is 0.496 e. The monoisotopic (exact) mass is 420 g/mol. The number of aryl methyl sites for hydroxylation is 1. The van der Waals surface area contributed by atoms with Crippen LogP contribution in [0.5, 0.6) is 5.75 Å². The van der Waals surface area contributed by atoms with Gasteiger partial charge in [-0.15, -0.1) is 0 Å². The molecule has 4 rings (SSSR count). The van der Waals surface area contributed by atoms with Crippen molar-refractivity contribution in [1.82, 2.24) is 4.90 Å². The van der Waals surface area contributed by atoms with Gasteiger partial charge < -0.3 is 14.5 Å². The van der Waals surface area contributed by atoms with E-state index in [0.717, 1.165) is 46.5 Å². The smallest absolute Gasteiger partial charge is 0.123 e. The fraction of sp³-hybridized carbons (Fsp3) is 0.280. The topological polar surface area (TPSA) is 32.8 Å². The summed E-state index contributed by atoms with van der Waals surface area (Å²) in [6.45, 7) is 6.74. The molecule has 1 aliphatic heterocycles. The quantitative estimate of drug-likeness (QED) is 0.558. The first-order chi connectivity index (χ1) is 14.5. The van der Waals surface area contributed by atoms with Gasteiger partial charge >= 0.3 is 0 Å². The molecule has 1 aliphatic rings. The summed E-state index contributed by atoms with van der Waals surface area (Å²) in [5.41, 5.74) is 5.73. The molecule has 0 aromatic heterocycles. The molecule has 1 heterocycles. The van der Waals surface area contributed by atoms with E-state index in [-0.39, 0.29) is 0 Å². The van der Waals surface area contributed by atoms with Gasteiger partial charge in [0, 0.05) is 25.2 Å². The van der Waals surface area contributed by atoms with E-state index < -0.39 is 10.8 Å². The predicted octanol–water partition coefficient (Wildman–Crippen LogP) is 5.06. The van der Waals surface area contributed by atoms with Crippen molar-refractivity contribution in [1.29, 1.82) is 0 Å². The van der Waals surface area contributed by atoms with Crippen molar-refractivity contribution in [3.05, 3.63) is 77.4 Å². The molecule has 3 aromatic rings. The Bertz CT molecular complexity index is 1100. The average molecular weight is 421 g/mol. The van der Waals surface area contributed by atoms with E-state index in [1.807, 2.05) is 42.5 Å². The van der Waals surface area contributed by atoms with E-state index in [4.69, 9.17) is 4.74 Å². The van der Waals surface area contributed by atoms with Crippen LogP contribution in [-0.4, -0.2) is 36.4 Å². The fourth-order valence-electron chi connectivity index (χ4n) is 4.04. The van der Waals surface area contributed by atoms with Crippen LogP contribution in [0.3, 0.4) is 0 Å². The number of likely N-dealkylation sites (N-methyl/N-ethyl adjacent to an activating group) is 1. The number of fused-ring (bicyclic) bond motifs is 2. The second-order valence-electron chi connectivity index (χ2n) is 7.79. The van der Waals surface area contributed by atoms with E-state index in [2.05, 4.69) is 48.9 Å². The molecule has 0 fully saturated rings. The molecule has 0 saturated heterocycles. The van der Waals surface area contributed by atoms with Crippen LogP contribution in [-0.2, 0) is 17.3 Å². The summed E-state index contributed by atoms with van der Waals surface area (Å²) in [5.74, 6) is 0.917. The standard InChI is InChI=1S/C25H28N2O2S/c1-18-13-14-24-25(19(18)2)27(21-10-6-8-12-23(21)30(24)28)16-15-26(3)17-20-9-5-7-11-22(20)29-4/h5-14H,15-17H2,1-4H3. The van der Waals surface area contributed by atoms with Crippen molar-refractivity contribution < 1.29 is 8.95 Å². The second-order valence-corrected chi connectivity index (χ2v) is 9.21. The molecule has 5 heteroatoms. The van der Waals surface area contributed by atoms with Gasteiger partial charge in [-0.25, -0.2) is 4.21 Å². The average Bonchev–Trinajstić information content (AvgIpc) is 2.76. The van der Waals surface area contributed by atoms with Crippen LogP contribution < -0.4 is 9.64 Å². The predicted molar refractivity (Wildman–Crippen MR) is 123 cm³/mol. The van der Waals surface area contributed by atoms with E-state index >= 15 is 0 Å². The molecule has 0 N–H and O–H groups in total. The Morgan fingerprint density at radius 3 is 2.50 bits per heavy atom. The van der Waals surface area contributed by atoms with Crippen molar-refractivity contribution in [3.8, 4) is 5.75 Å². The number of hydrogen-bond acceptors (Lipinski definition) is 4. The Morgan fingerprint density at radius 2 is 1.70 bits per heavy atom. The molecule has 0 saturated carbocycles. The lowest BCUT2D eigenvalue weighted by Gasteiger charge is -2.35. The van der Waals surface area contributed by atoms with Crippen LogP contribution >= 0.6 is 0 Å². The van der Waals surface area contributed by atoms with Crippen molar-refractivity contribution in [2.75, 3.05) is 32.1 Å². The van der Waals surface area contributed by atoms with Crippen LogP contribution in [0.15, 0.2) is 70.5 Å². The Morgan fingerprint density at radius 1 is 0.967 bits per heavy atom. The number of para-hydroxylation sites is 2. The summed E-state index contributed by atoms with van der Waals surface area (Å²) in [4.78, 5) is 6.44. The summed E-state index contributed by atoms with van der Waals surface area (Å²) >= 11 is 0. The summed E-state index contributed by atoms with van der Waals surface area (Å²) in [6.07, 6.45) is 0. The van der Waals surface area contributed by atoms with Crippen LogP contribution in [0, 0.1) is 13.8 Å². The highest BCUT2D eigenvalue weighted by Gasteiger charge is 2.29. The summed E-state index contributed by atoms with van der Waals surface area (Å²) in [5, 5.41) is 0. The second kappa shape index (κ2) is 8.62. The minimum absolute atomic E-state index is 0.811. The summed E-state index contributed by atoms with van der Waals surface area (Å²) in [7, 11) is 2.69. The zero-order valence-corrected chi connectivity index (χ0v) is 18.8. The molecule has 0 aliphatic carbocycles. The lowest BCUT2D eigenvalue weighted by Crippen LogP contribution is -2.33. The molecule has 1 unspecified atom stereocenters. The fourth-order valence-corrected chi connectivity index (χ4v) is 5.48. The first-order valence-corrected chi connectivity index (χ1v) is 11.3. The highest BCUT2D eigenvalue weighted by Crippen LogP contribution is 2.44. The minimum Gasteiger partial charge on any atom is -0.496 e. The maximum Gasteiger partial charge on any atom is 0.123 e. The number of anilines is 2. The molecule has 0 radical (unpaired) electrons. The van der Waals surface area contributed by atoms with Crippen LogP contribution in [0.25, 0.3) is 0 Å². The lowest BCUT2D eigenvalue weighted by molar-refractivity contribution is 0.324. The SMILES string of the molecule is COc1ccccc1CN(C)CCN1c2ccccc2S(=O)c2ccc(C)c(C)c21. The number of hydrogen-bond donors (Lipinski definition) is 0. The molecule has 0 spiro atoms. The van der Waals surface area contributed by atoms with Gasteiger partial charge in [0.2, 0.25) is 0 Å². The van der Waals surface area contributed by atoms with E-state index in [0.29, 0.717) is 0 Å². The van der Waals surface area contributed by atoms with Gasteiger partial charge in [-0.1, -0.05) is 36.4 Å². The van der Waals surface area contributed by atoms with Crippen molar-refractivity contribution in [2.24, 2.45) is 0 Å². The molecule has 30 heavy (non-hydrogen) atoms. The normalized spacial score (nSPS) is 15.1. The van der Waals surface area contributed by atoms with Crippen LogP contribution in [0.2, 0.25) is 0 Å². The Labute approximate surface area is 181 Å². The third-order valence-electron chi connectivity index (χ3n) is 5.83. The highest BCUT2D eigenvalue weighted by atomic mass is 32.2. The molecule has 0 amide bonds. The number of ether oxygens (including phenoxy) is 1. The third kappa shape index (κ3) is 3.75. The van der Waals surface area contributed by atoms with Crippen molar-refractivity contribution in [2.45, 2.75) is 30.2 Å². The summed E-state index contributed by atoms with van der Waals surface area (Å²) < 4.78 is 18.7. The van der Waals surface area contributed by atoms with Crippen LogP contribution in [0.4, 0.5) is 11.4 Å². The Kier molecular flexibility index (Phi) is 5.93.